The fraction of sp³-hybridized carbons (Fsp3) is 0.562. The fourth-order valence-electron chi connectivity index (χ4n) is 3.04. The number of benzene rings is 1. The Bertz CT molecular complexity index is 468. The first kappa shape index (κ1) is 14.8. The summed E-state index contributed by atoms with van der Waals surface area (Å²) in [5.41, 5.74) is 0.540. The topological polar surface area (TPSA) is 49.3 Å². The van der Waals surface area contributed by atoms with E-state index in [1.54, 1.807) is 0 Å². The fourth-order valence-corrected chi connectivity index (χ4v) is 3.04. The Kier molecular flexibility index (Phi) is 4.99. The SMILES string of the molecule is CCCC1CCC(Nc2ccc(F)cc2C(=O)O)CC1. The van der Waals surface area contributed by atoms with Gasteiger partial charge in [-0.1, -0.05) is 19.8 Å². The minimum Gasteiger partial charge on any atom is -0.478 e. The van der Waals surface area contributed by atoms with Crippen LogP contribution in [0, 0.1) is 11.7 Å². The number of carbonyl (C=O) groups is 1. The van der Waals surface area contributed by atoms with Crippen molar-refractivity contribution in [1.82, 2.24) is 0 Å². The zero-order chi connectivity index (χ0) is 14.5. The minimum atomic E-state index is -1.09. The van der Waals surface area contributed by atoms with Gasteiger partial charge in [0, 0.05) is 11.7 Å². The van der Waals surface area contributed by atoms with Gasteiger partial charge in [-0.3, -0.25) is 0 Å². The average Bonchev–Trinajstić information content (AvgIpc) is 2.43. The zero-order valence-electron chi connectivity index (χ0n) is 11.9. The van der Waals surface area contributed by atoms with Crippen molar-refractivity contribution in [2.75, 3.05) is 5.32 Å². The van der Waals surface area contributed by atoms with Gasteiger partial charge in [-0.25, -0.2) is 9.18 Å². The molecule has 20 heavy (non-hydrogen) atoms. The highest BCUT2D eigenvalue weighted by molar-refractivity contribution is 5.94. The Hall–Kier alpha value is -1.58. The van der Waals surface area contributed by atoms with Crippen molar-refractivity contribution in [3.63, 3.8) is 0 Å². The Morgan fingerprint density at radius 1 is 1.35 bits per heavy atom. The van der Waals surface area contributed by atoms with E-state index in [2.05, 4.69) is 12.2 Å². The van der Waals surface area contributed by atoms with Crippen molar-refractivity contribution in [2.45, 2.75) is 51.5 Å². The highest BCUT2D eigenvalue weighted by Crippen LogP contribution is 2.30. The van der Waals surface area contributed by atoms with Crippen LogP contribution in [0.4, 0.5) is 10.1 Å². The molecule has 4 heteroatoms. The van der Waals surface area contributed by atoms with Gasteiger partial charge >= 0.3 is 5.97 Å². The molecule has 2 N–H and O–H groups in total. The molecule has 1 aromatic carbocycles. The number of hydrogen-bond donors (Lipinski definition) is 2. The number of aromatic carboxylic acids is 1. The molecule has 0 spiro atoms. The smallest absolute Gasteiger partial charge is 0.337 e. The molecule has 1 saturated carbocycles. The van der Waals surface area contributed by atoms with Crippen molar-refractivity contribution < 1.29 is 14.3 Å². The third-order valence-corrected chi connectivity index (χ3v) is 4.12. The molecule has 2 rings (SSSR count). The molecule has 110 valence electrons. The van der Waals surface area contributed by atoms with Crippen LogP contribution in [0.25, 0.3) is 0 Å². The van der Waals surface area contributed by atoms with Crippen LogP contribution in [0.1, 0.15) is 55.8 Å². The summed E-state index contributed by atoms with van der Waals surface area (Å²) in [5, 5.41) is 12.4. The van der Waals surface area contributed by atoms with E-state index < -0.39 is 11.8 Å². The van der Waals surface area contributed by atoms with Gasteiger partial charge in [-0.05, 0) is 49.8 Å². The summed E-state index contributed by atoms with van der Waals surface area (Å²) in [7, 11) is 0. The van der Waals surface area contributed by atoms with Gasteiger partial charge in [0.25, 0.3) is 0 Å². The molecular weight excluding hydrogens is 257 g/mol. The number of hydrogen-bond acceptors (Lipinski definition) is 2. The normalized spacial score (nSPS) is 22.5. The predicted molar refractivity (Wildman–Crippen MR) is 77.6 cm³/mol. The van der Waals surface area contributed by atoms with Crippen LogP contribution in [0.2, 0.25) is 0 Å². The number of carboxylic acids is 1. The van der Waals surface area contributed by atoms with Gasteiger partial charge in [0.2, 0.25) is 0 Å². The Morgan fingerprint density at radius 3 is 2.65 bits per heavy atom. The van der Waals surface area contributed by atoms with Crippen molar-refractivity contribution in [1.29, 1.82) is 0 Å². The number of halogens is 1. The van der Waals surface area contributed by atoms with Gasteiger partial charge in [-0.2, -0.15) is 0 Å². The lowest BCUT2D eigenvalue weighted by atomic mass is 9.83. The molecule has 0 saturated heterocycles. The van der Waals surface area contributed by atoms with Crippen LogP contribution in [0.5, 0.6) is 0 Å². The highest BCUT2D eigenvalue weighted by atomic mass is 19.1. The molecule has 1 aromatic rings. The van der Waals surface area contributed by atoms with E-state index in [1.807, 2.05) is 0 Å². The van der Waals surface area contributed by atoms with Crippen molar-refractivity contribution in [2.24, 2.45) is 5.92 Å². The average molecular weight is 279 g/mol. The van der Waals surface area contributed by atoms with Crippen LogP contribution in [-0.4, -0.2) is 17.1 Å². The maximum absolute atomic E-state index is 13.1. The van der Waals surface area contributed by atoms with E-state index in [0.717, 1.165) is 24.8 Å². The third-order valence-electron chi connectivity index (χ3n) is 4.12. The van der Waals surface area contributed by atoms with E-state index in [9.17, 15) is 9.18 Å². The van der Waals surface area contributed by atoms with Gasteiger partial charge in [0.1, 0.15) is 5.82 Å². The number of nitrogens with one attached hydrogen (secondary N) is 1. The van der Waals surface area contributed by atoms with Gasteiger partial charge in [0.15, 0.2) is 0 Å². The minimum absolute atomic E-state index is 0.0145. The third kappa shape index (κ3) is 3.71. The number of anilines is 1. The number of rotatable bonds is 5. The lowest BCUT2D eigenvalue weighted by Gasteiger charge is -2.30. The van der Waals surface area contributed by atoms with Gasteiger partial charge in [0.05, 0.1) is 5.56 Å². The predicted octanol–water partition coefficient (Wildman–Crippen LogP) is 4.29. The second-order valence-corrected chi connectivity index (χ2v) is 5.65. The summed E-state index contributed by atoms with van der Waals surface area (Å²) in [6, 6.07) is 4.20. The van der Waals surface area contributed by atoms with E-state index in [1.165, 1.54) is 37.8 Å². The molecule has 0 atom stereocenters. The summed E-state index contributed by atoms with van der Waals surface area (Å²) in [4.78, 5) is 11.1. The van der Waals surface area contributed by atoms with E-state index in [-0.39, 0.29) is 5.56 Å². The zero-order valence-corrected chi connectivity index (χ0v) is 11.9. The molecule has 0 heterocycles. The van der Waals surface area contributed by atoms with Crippen LogP contribution in [0.15, 0.2) is 18.2 Å². The second-order valence-electron chi connectivity index (χ2n) is 5.65. The molecule has 1 aliphatic carbocycles. The summed E-state index contributed by atoms with van der Waals surface area (Å²) < 4.78 is 13.1. The maximum atomic E-state index is 13.1. The first-order chi connectivity index (χ1) is 9.60. The summed E-state index contributed by atoms with van der Waals surface area (Å²) in [6.07, 6.45) is 7.00. The standard InChI is InChI=1S/C16H22FNO2/c1-2-3-11-4-7-13(8-5-11)18-15-9-6-12(17)10-14(15)16(19)20/h6,9-11,13,18H,2-5,7-8H2,1H3,(H,19,20). The molecule has 0 bridgehead atoms. The van der Waals surface area contributed by atoms with Crippen molar-refractivity contribution in [3.8, 4) is 0 Å². The molecule has 0 unspecified atom stereocenters. The molecule has 1 aliphatic rings. The maximum Gasteiger partial charge on any atom is 0.337 e. The van der Waals surface area contributed by atoms with E-state index in [0.29, 0.717) is 11.7 Å². The summed E-state index contributed by atoms with van der Waals surface area (Å²) in [6.45, 7) is 2.21. The Labute approximate surface area is 119 Å². The first-order valence-corrected chi connectivity index (χ1v) is 7.39. The Balaban J connectivity index is 1.99. The van der Waals surface area contributed by atoms with Crippen LogP contribution >= 0.6 is 0 Å². The highest BCUT2D eigenvalue weighted by Gasteiger charge is 2.22. The van der Waals surface area contributed by atoms with Crippen LogP contribution in [-0.2, 0) is 0 Å². The molecule has 0 aromatic heterocycles. The lowest BCUT2D eigenvalue weighted by molar-refractivity contribution is 0.0697. The first-order valence-electron chi connectivity index (χ1n) is 7.39. The van der Waals surface area contributed by atoms with Crippen molar-refractivity contribution >= 4 is 11.7 Å². The van der Waals surface area contributed by atoms with E-state index >= 15 is 0 Å². The largest absolute Gasteiger partial charge is 0.478 e. The van der Waals surface area contributed by atoms with Gasteiger partial charge < -0.3 is 10.4 Å². The molecule has 1 fully saturated rings. The molecule has 3 nitrogen and oxygen atoms in total. The quantitative estimate of drug-likeness (QED) is 0.845. The van der Waals surface area contributed by atoms with Crippen LogP contribution in [0.3, 0.4) is 0 Å². The van der Waals surface area contributed by atoms with E-state index in [4.69, 9.17) is 5.11 Å². The van der Waals surface area contributed by atoms with Crippen molar-refractivity contribution in [3.05, 3.63) is 29.6 Å². The van der Waals surface area contributed by atoms with Crippen LogP contribution < -0.4 is 5.32 Å². The summed E-state index contributed by atoms with van der Waals surface area (Å²) >= 11 is 0. The molecular formula is C16H22FNO2. The monoisotopic (exact) mass is 279 g/mol. The number of carboxylic acid groups (broad SMARTS) is 1. The summed E-state index contributed by atoms with van der Waals surface area (Å²) in [5.74, 6) is -0.795. The molecule has 0 radical (unpaired) electrons. The second kappa shape index (κ2) is 6.73. The molecule has 0 amide bonds. The molecule has 0 aliphatic heterocycles. The Morgan fingerprint density at radius 2 is 2.05 bits per heavy atom. The van der Waals surface area contributed by atoms with Gasteiger partial charge in [-0.15, -0.1) is 0 Å². The lowest BCUT2D eigenvalue weighted by Crippen LogP contribution is -2.27.